The van der Waals surface area contributed by atoms with Crippen molar-refractivity contribution in [1.82, 2.24) is 20.1 Å². The molecule has 0 radical (unpaired) electrons. The highest BCUT2D eigenvalue weighted by molar-refractivity contribution is 7.13. The Morgan fingerprint density at radius 1 is 1.14 bits per heavy atom. The van der Waals surface area contributed by atoms with Crippen LogP contribution in [0.2, 0.25) is 0 Å². The molecule has 8 nitrogen and oxygen atoms in total. The molecule has 3 heterocycles. The summed E-state index contributed by atoms with van der Waals surface area (Å²) in [6.45, 7) is 3.97. The van der Waals surface area contributed by atoms with Crippen molar-refractivity contribution in [2.75, 3.05) is 42.9 Å². The topological polar surface area (TPSA) is 94.5 Å². The number of benzene rings is 1. The highest BCUT2D eigenvalue weighted by Gasteiger charge is 2.21. The van der Waals surface area contributed by atoms with Crippen LogP contribution in [0.5, 0.6) is 0 Å². The van der Waals surface area contributed by atoms with E-state index in [2.05, 4.69) is 30.3 Å². The van der Waals surface area contributed by atoms with E-state index in [1.165, 1.54) is 11.3 Å². The van der Waals surface area contributed by atoms with Gasteiger partial charge < -0.3 is 10.0 Å². The van der Waals surface area contributed by atoms with Gasteiger partial charge in [0.1, 0.15) is 11.3 Å². The molecule has 150 valence electrons. The Morgan fingerprint density at radius 3 is 2.59 bits per heavy atom. The average Bonchev–Trinajstić information content (AvgIpc) is 3.28. The molecular formula is C20H22N6O2S. The molecule has 2 aromatic heterocycles. The zero-order valence-electron chi connectivity index (χ0n) is 15.8. The molecule has 0 bridgehead atoms. The van der Waals surface area contributed by atoms with Crippen LogP contribution in [0, 0.1) is 0 Å². The largest absolute Gasteiger partial charge is 0.387 e. The van der Waals surface area contributed by atoms with Crippen LogP contribution in [-0.4, -0.2) is 63.8 Å². The van der Waals surface area contributed by atoms with E-state index >= 15 is 0 Å². The number of anilines is 2. The summed E-state index contributed by atoms with van der Waals surface area (Å²) in [7, 11) is 0. The second-order valence-corrected chi connectivity index (χ2v) is 7.65. The van der Waals surface area contributed by atoms with E-state index in [1.54, 1.807) is 17.8 Å². The molecule has 1 unspecified atom stereocenters. The van der Waals surface area contributed by atoms with Crippen LogP contribution in [0.3, 0.4) is 0 Å². The molecule has 0 spiro atoms. The van der Waals surface area contributed by atoms with Gasteiger partial charge in [-0.1, -0.05) is 41.7 Å². The molecule has 1 saturated heterocycles. The van der Waals surface area contributed by atoms with Gasteiger partial charge in [-0.25, -0.2) is 4.98 Å². The molecule has 3 aromatic rings. The van der Waals surface area contributed by atoms with Crippen molar-refractivity contribution in [2.24, 2.45) is 0 Å². The second kappa shape index (κ2) is 9.08. The molecule has 29 heavy (non-hydrogen) atoms. The number of pyridine rings is 1. The Hall–Kier alpha value is -2.88. The van der Waals surface area contributed by atoms with Gasteiger partial charge >= 0.3 is 0 Å². The smallest absolute Gasteiger partial charge is 0.259 e. The molecule has 1 atom stereocenters. The van der Waals surface area contributed by atoms with Gasteiger partial charge in [-0.15, -0.1) is 10.2 Å². The normalized spacial score (nSPS) is 15.8. The number of rotatable bonds is 6. The van der Waals surface area contributed by atoms with Crippen LogP contribution in [0.25, 0.3) is 0 Å². The zero-order valence-corrected chi connectivity index (χ0v) is 16.6. The minimum absolute atomic E-state index is 0.250. The van der Waals surface area contributed by atoms with Gasteiger partial charge in [0.05, 0.1) is 11.7 Å². The van der Waals surface area contributed by atoms with Crippen molar-refractivity contribution < 1.29 is 9.90 Å². The third kappa shape index (κ3) is 4.94. The Balaban J connectivity index is 1.29. The Labute approximate surface area is 172 Å². The fraction of sp³-hybridized carbons (Fsp3) is 0.300. The summed E-state index contributed by atoms with van der Waals surface area (Å²) in [5.74, 6) is 0.598. The SMILES string of the molecule is O=C(Nc1nncs1)c1ccc(N2CCN(CC(O)c3ccccc3)CC2)nc1. The lowest BCUT2D eigenvalue weighted by atomic mass is 10.1. The molecule has 2 N–H and O–H groups in total. The van der Waals surface area contributed by atoms with E-state index in [0.29, 0.717) is 17.2 Å². The van der Waals surface area contributed by atoms with Crippen LogP contribution in [0.15, 0.2) is 54.2 Å². The Kier molecular flexibility index (Phi) is 6.09. The summed E-state index contributed by atoms with van der Waals surface area (Å²) in [5.41, 5.74) is 2.99. The van der Waals surface area contributed by atoms with Crippen LogP contribution < -0.4 is 10.2 Å². The number of piperazine rings is 1. The monoisotopic (exact) mass is 410 g/mol. The number of aliphatic hydroxyl groups excluding tert-OH is 1. The molecule has 1 aliphatic heterocycles. The lowest BCUT2D eigenvalue weighted by Gasteiger charge is -2.36. The molecule has 0 saturated carbocycles. The van der Waals surface area contributed by atoms with E-state index in [0.717, 1.165) is 37.6 Å². The molecule has 1 fully saturated rings. The van der Waals surface area contributed by atoms with Crippen molar-refractivity contribution in [3.63, 3.8) is 0 Å². The minimum Gasteiger partial charge on any atom is -0.387 e. The number of aliphatic hydroxyl groups is 1. The quantitative estimate of drug-likeness (QED) is 0.642. The predicted octanol–water partition coefficient (Wildman–Crippen LogP) is 2.04. The molecule has 1 aromatic carbocycles. The van der Waals surface area contributed by atoms with Gasteiger partial charge in [0.15, 0.2) is 0 Å². The van der Waals surface area contributed by atoms with Gasteiger partial charge in [-0.3, -0.25) is 15.0 Å². The maximum atomic E-state index is 12.2. The summed E-state index contributed by atoms with van der Waals surface area (Å²) >= 11 is 1.27. The van der Waals surface area contributed by atoms with Gasteiger partial charge in [0.25, 0.3) is 5.91 Å². The van der Waals surface area contributed by atoms with Crippen molar-refractivity contribution >= 4 is 28.2 Å². The summed E-state index contributed by atoms with van der Waals surface area (Å²) in [5, 5.41) is 21.1. The number of hydrogen-bond acceptors (Lipinski definition) is 8. The molecule has 0 aliphatic carbocycles. The van der Waals surface area contributed by atoms with Crippen LogP contribution >= 0.6 is 11.3 Å². The van der Waals surface area contributed by atoms with E-state index in [9.17, 15) is 9.90 Å². The number of β-amino-alcohol motifs (C(OH)–C–C–N with tert-alkyl or cyclic N) is 1. The summed E-state index contributed by atoms with van der Waals surface area (Å²) in [4.78, 5) is 21.1. The Bertz CT molecular complexity index is 912. The number of carbonyl (C=O) groups is 1. The number of nitrogens with one attached hydrogen (secondary N) is 1. The predicted molar refractivity (Wildman–Crippen MR) is 112 cm³/mol. The third-order valence-electron chi connectivity index (χ3n) is 4.90. The van der Waals surface area contributed by atoms with E-state index in [1.807, 2.05) is 36.4 Å². The first-order valence-corrected chi connectivity index (χ1v) is 10.3. The fourth-order valence-corrected chi connectivity index (χ4v) is 3.73. The summed E-state index contributed by atoms with van der Waals surface area (Å²) in [6, 6.07) is 13.4. The van der Waals surface area contributed by atoms with Crippen LogP contribution in [0.1, 0.15) is 22.0 Å². The van der Waals surface area contributed by atoms with Crippen LogP contribution in [0.4, 0.5) is 10.9 Å². The minimum atomic E-state index is -0.480. The highest BCUT2D eigenvalue weighted by Crippen LogP contribution is 2.18. The highest BCUT2D eigenvalue weighted by atomic mass is 32.1. The summed E-state index contributed by atoms with van der Waals surface area (Å²) in [6.07, 6.45) is 1.10. The van der Waals surface area contributed by atoms with E-state index in [-0.39, 0.29) is 5.91 Å². The van der Waals surface area contributed by atoms with Crippen molar-refractivity contribution in [3.8, 4) is 0 Å². The first-order chi connectivity index (χ1) is 14.2. The van der Waals surface area contributed by atoms with E-state index in [4.69, 9.17) is 0 Å². The number of carbonyl (C=O) groups excluding carboxylic acids is 1. The number of hydrogen-bond donors (Lipinski definition) is 2. The molecule has 1 amide bonds. The lowest BCUT2D eigenvalue weighted by Crippen LogP contribution is -2.47. The third-order valence-corrected chi connectivity index (χ3v) is 5.51. The summed E-state index contributed by atoms with van der Waals surface area (Å²) < 4.78 is 0. The van der Waals surface area contributed by atoms with Gasteiger partial charge in [0, 0.05) is 38.9 Å². The van der Waals surface area contributed by atoms with Gasteiger partial charge in [-0.05, 0) is 17.7 Å². The zero-order chi connectivity index (χ0) is 20.1. The fourth-order valence-electron chi connectivity index (χ4n) is 3.29. The lowest BCUT2D eigenvalue weighted by molar-refractivity contribution is 0.102. The van der Waals surface area contributed by atoms with Crippen molar-refractivity contribution in [1.29, 1.82) is 0 Å². The molecule has 4 rings (SSSR count). The first-order valence-electron chi connectivity index (χ1n) is 9.43. The molecule has 9 heteroatoms. The van der Waals surface area contributed by atoms with E-state index < -0.39 is 6.10 Å². The standard InChI is InChI=1S/C20H22N6O2S/c27-17(15-4-2-1-3-5-15)13-25-8-10-26(11-9-25)18-7-6-16(12-21-18)19(28)23-20-24-22-14-29-20/h1-7,12,14,17,27H,8-11,13H2,(H,23,24,28). The molecule has 1 aliphatic rings. The maximum absolute atomic E-state index is 12.2. The van der Waals surface area contributed by atoms with Crippen molar-refractivity contribution in [2.45, 2.75) is 6.10 Å². The first kappa shape index (κ1) is 19.4. The molecular weight excluding hydrogens is 388 g/mol. The van der Waals surface area contributed by atoms with Gasteiger partial charge in [0.2, 0.25) is 5.13 Å². The average molecular weight is 411 g/mol. The maximum Gasteiger partial charge on any atom is 0.259 e. The number of amides is 1. The second-order valence-electron chi connectivity index (χ2n) is 6.82. The van der Waals surface area contributed by atoms with Crippen LogP contribution in [-0.2, 0) is 0 Å². The van der Waals surface area contributed by atoms with Crippen molar-refractivity contribution in [3.05, 3.63) is 65.3 Å². The van der Waals surface area contributed by atoms with Gasteiger partial charge in [-0.2, -0.15) is 0 Å². The Morgan fingerprint density at radius 2 is 1.93 bits per heavy atom. The number of aromatic nitrogens is 3. The number of nitrogens with zero attached hydrogens (tertiary/aromatic N) is 5.